The van der Waals surface area contributed by atoms with Gasteiger partial charge in [0.1, 0.15) is 12.3 Å². The normalized spacial score (nSPS) is 29.3. The van der Waals surface area contributed by atoms with Gasteiger partial charge in [-0.05, 0) is 5.92 Å². The van der Waals surface area contributed by atoms with E-state index in [9.17, 15) is 4.79 Å². The number of hydrogen-bond acceptors (Lipinski definition) is 4. The monoisotopic (exact) mass is 173 g/mol. The number of methoxy groups -OCH3 is 1. The lowest BCUT2D eigenvalue weighted by molar-refractivity contribution is -0.142. The van der Waals surface area contributed by atoms with Crippen LogP contribution in [0.25, 0.3) is 0 Å². The Bertz CT molecular complexity index is 170. The maximum Gasteiger partial charge on any atom is 0.325 e. The van der Waals surface area contributed by atoms with E-state index >= 15 is 0 Å². The van der Waals surface area contributed by atoms with E-state index < -0.39 is 0 Å². The lowest BCUT2D eigenvalue weighted by atomic mass is 10.2. The largest absolute Gasteiger partial charge is 0.468 e. The summed E-state index contributed by atoms with van der Waals surface area (Å²) in [5.41, 5.74) is 0. The van der Waals surface area contributed by atoms with E-state index in [-0.39, 0.29) is 18.2 Å². The van der Waals surface area contributed by atoms with Gasteiger partial charge in [-0.25, -0.2) is 0 Å². The molecule has 1 aliphatic heterocycles. The first-order valence-corrected chi connectivity index (χ1v) is 4.10. The van der Waals surface area contributed by atoms with Crippen molar-refractivity contribution in [3.8, 4) is 0 Å². The molecule has 1 saturated heterocycles. The van der Waals surface area contributed by atoms with Gasteiger partial charge in [0.15, 0.2) is 0 Å². The molecule has 70 valence electrons. The number of carbonyl (C=O) groups is 1. The van der Waals surface area contributed by atoms with E-state index in [1.54, 1.807) is 0 Å². The second-order valence-electron chi connectivity index (χ2n) is 3.24. The molecule has 0 amide bonds. The molecule has 0 aromatic rings. The van der Waals surface area contributed by atoms with Crippen LogP contribution >= 0.6 is 0 Å². The lowest BCUT2D eigenvalue weighted by Crippen LogP contribution is -2.39. The van der Waals surface area contributed by atoms with Gasteiger partial charge in [0.05, 0.1) is 13.7 Å². The van der Waals surface area contributed by atoms with Crippen LogP contribution < -0.4 is 5.32 Å². The second kappa shape index (κ2) is 3.87. The van der Waals surface area contributed by atoms with Crippen molar-refractivity contribution in [1.82, 2.24) is 5.32 Å². The molecular formula is C8H15NO3. The van der Waals surface area contributed by atoms with Crippen molar-refractivity contribution in [2.75, 3.05) is 13.7 Å². The summed E-state index contributed by atoms with van der Waals surface area (Å²) >= 11 is 0. The van der Waals surface area contributed by atoms with E-state index in [0.717, 1.165) is 0 Å². The summed E-state index contributed by atoms with van der Waals surface area (Å²) in [6.07, 6.45) is -0.0194. The predicted molar refractivity (Wildman–Crippen MR) is 43.5 cm³/mol. The standard InChI is InChI=1S/C8H15NO3/c1-5(2)7-9-6(4-12-7)8(10)11-3/h5-7,9H,4H2,1-3H3. The topological polar surface area (TPSA) is 47.6 Å². The Labute approximate surface area is 72.2 Å². The Hall–Kier alpha value is -0.610. The highest BCUT2D eigenvalue weighted by molar-refractivity contribution is 5.76. The van der Waals surface area contributed by atoms with Crippen molar-refractivity contribution >= 4 is 5.97 Å². The molecule has 0 bridgehead atoms. The highest BCUT2D eigenvalue weighted by Crippen LogP contribution is 2.11. The number of rotatable bonds is 2. The van der Waals surface area contributed by atoms with E-state index in [1.165, 1.54) is 7.11 Å². The van der Waals surface area contributed by atoms with Gasteiger partial charge in [-0.2, -0.15) is 0 Å². The average Bonchev–Trinajstić information content (AvgIpc) is 2.51. The molecule has 0 spiro atoms. The minimum Gasteiger partial charge on any atom is -0.468 e. The smallest absolute Gasteiger partial charge is 0.325 e. The van der Waals surface area contributed by atoms with Crippen LogP contribution in [0.1, 0.15) is 13.8 Å². The van der Waals surface area contributed by atoms with Crippen LogP contribution in [-0.4, -0.2) is 32.0 Å². The van der Waals surface area contributed by atoms with Crippen LogP contribution in [0.2, 0.25) is 0 Å². The minimum absolute atomic E-state index is 0.0194. The Morgan fingerprint density at radius 1 is 1.67 bits per heavy atom. The van der Waals surface area contributed by atoms with Crippen molar-refractivity contribution in [2.24, 2.45) is 5.92 Å². The van der Waals surface area contributed by atoms with Crippen molar-refractivity contribution in [3.63, 3.8) is 0 Å². The van der Waals surface area contributed by atoms with Gasteiger partial charge in [-0.15, -0.1) is 0 Å². The SMILES string of the molecule is COC(=O)C1COC(C(C)C)N1. The maximum atomic E-state index is 11.0. The van der Waals surface area contributed by atoms with Crippen molar-refractivity contribution < 1.29 is 14.3 Å². The first-order chi connectivity index (χ1) is 5.65. The van der Waals surface area contributed by atoms with Crippen molar-refractivity contribution in [1.29, 1.82) is 0 Å². The molecular weight excluding hydrogens is 158 g/mol. The molecule has 2 atom stereocenters. The number of ether oxygens (including phenoxy) is 2. The Morgan fingerprint density at radius 2 is 2.33 bits per heavy atom. The average molecular weight is 173 g/mol. The fourth-order valence-corrected chi connectivity index (χ4v) is 1.16. The van der Waals surface area contributed by atoms with Crippen LogP contribution in [0.3, 0.4) is 0 Å². The summed E-state index contributed by atoms with van der Waals surface area (Å²) in [4.78, 5) is 11.0. The lowest BCUT2D eigenvalue weighted by Gasteiger charge is -2.14. The number of esters is 1. The minimum atomic E-state index is -0.289. The molecule has 0 aromatic heterocycles. The predicted octanol–water partition coefficient (Wildman–Crippen LogP) is 0.130. The number of carbonyl (C=O) groups excluding carboxylic acids is 1. The maximum absolute atomic E-state index is 11.0. The first kappa shape index (κ1) is 9.48. The zero-order valence-corrected chi connectivity index (χ0v) is 7.66. The molecule has 0 saturated carbocycles. The van der Waals surface area contributed by atoms with E-state index in [0.29, 0.717) is 12.5 Å². The van der Waals surface area contributed by atoms with Gasteiger partial charge >= 0.3 is 5.97 Å². The van der Waals surface area contributed by atoms with E-state index in [4.69, 9.17) is 4.74 Å². The first-order valence-electron chi connectivity index (χ1n) is 4.10. The zero-order chi connectivity index (χ0) is 9.14. The molecule has 0 radical (unpaired) electrons. The Kier molecular flexibility index (Phi) is 3.05. The van der Waals surface area contributed by atoms with Crippen molar-refractivity contribution in [2.45, 2.75) is 26.1 Å². The van der Waals surface area contributed by atoms with Crippen LogP contribution in [0.5, 0.6) is 0 Å². The highest BCUT2D eigenvalue weighted by atomic mass is 16.5. The Morgan fingerprint density at radius 3 is 2.75 bits per heavy atom. The van der Waals surface area contributed by atoms with Gasteiger partial charge in [0, 0.05) is 0 Å². The second-order valence-corrected chi connectivity index (χ2v) is 3.24. The molecule has 1 N–H and O–H groups in total. The summed E-state index contributed by atoms with van der Waals surface area (Å²) in [6, 6.07) is -0.289. The molecule has 0 aromatic carbocycles. The van der Waals surface area contributed by atoms with E-state index in [2.05, 4.69) is 10.1 Å². The Balaban J connectivity index is 2.40. The molecule has 4 heteroatoms. The van der Waals surface area contributed by atoms with Crippen LogP contribution in [0.4, 0.5) is 0 Å². The zero-order valence-electron chi connectivity index (χ0n) is 7.66. The van der Waals surface area contributed by atoms with Gasteiger partial charge in [-0.1, -0.05) is 13.8 Å². The number of hydrogen-bond donors (Lipinski definition) is 1. The quantitative estimate of drug-likeness (QED) is 0.603. The summed E-state index contributed by atoms with van der Waals surface area (Å²) in [5.74, 6) is 0.123. The molecule has 1 aliphatic rings. The third-order valence-electron chi connectivity index (χ3n) is 1.90. The van der Waals surface area contributed by atoms with Crippen LogP contribution in [-0.2, 0) is 14.3 Å². The van der Waals surface area contributed by atoms with Gasteiger partial charge < -0.3 is 9.47 Å². The molecule has 1 rings (SSSR count). The summed E-state index contributed by atoms with van der Waals surface area (Å²) in [6.45, 7) is 4.49. The molecule has 12 heavy (non-hydrogen) atoms. The van der Waals surface area contributed by atoms with Crippen molar-refractivity contribution in [3.05, 3.63) is 0 Å². The molecule has 1 fully saturated rings. The van der Waals surface area contributed by atoms with Crippen LogP contribution in [0, 0.1) is 5.92 Å². The molecule has 0 aliphatic carbocycles. The van der Waals surface area contributed by atoms with Crippen LogP contribution in [0.15, 0.2) is 0 Å². The molecule has 4 nitrogen and oxygen atoms in total. The fourth-order valence-electron chi connectivity index (χ4n) is 1.16. The van der Waals surface area contributed by atoms with Gasteiger partial charge in [0.25, 0.3) is 0 Å². The summed E-state index contributed by atoms with van der Waals surface area (Å²) < 4.78 is 9.92. The third-order valence-corrected chi connectivity index (χ3v) is 1.90. The van der Waals surface area contributed by atoms with Gasteiger partial charge in [-0.3, -0.25) is 10.1 Å². The highest BCUT2D eigenvalue weighted by Gasteiger charge is 2.31. The third kappa shape index (κ3) is 1.95. The summed E-state index contributed by atoms with van der Waals surface area (Å²) in [7, 11) is 1.38. The molecule has 2 unspecified atom stereocenters. The van der Waals surface area contributed by atoms with Gasteiger partial charge in [0.2, 0.25) is 0 Å². The summed E-state index contributed by atoms with van der Waals surface area (Å²) in [5, 5.41) is 3.04. The fraction of sp³-hybridized carbons (Fsp3) is 0.875. The van der Waals surface area contributed by atoms with E-state index in [1.807, 2.05) is 13.8 Å². The number of nitrogens with one attached hydrogen (secondary N) is 1. The molecule has 1 heterocycles.